The molecule has 0 atom stereocenters. The van der Waals surface area contributed by atoms with Gasteiger partial charge in [0.1, 0.15) is 0 Å². The molecular weight excluding hydrogens is 334 g/mol. The van der Waals surface area contributed by atoms with Crippen LogP contribution in [0.4, 0.5) is 11.6 Å². The maximum absolute atomic E-state index is 11.2. The van der Waals surface area contributed by atoms with E-state index in [1.165, 1.54) is 6.92 Å². The van der Waals surface area contributed by atoms with Crippen molar-refractivity contribution in [3.05, 3.63) is 40.5 Å². The molecule has 0 aliphatic rings. The Balaban J connectivity index is 2.15. The van der Waals surface area contributed by atoms with E-state index in [1.54, 1.807) is 30.5 Å². The van der Waals surface area contributed by atoms with Gasteiger partial charge in [0.15, 0.2) is 12.4 Å². The van der Waals surface area contributed by atoms with Gasteiger partial charge in [-0.15, -0.1) is 6.42 Å². The van der Waals surface area contributed by atoms with E-state index in [0.717, 1.165) is 5.69 Å². The van der Waals surface area contributed by atoms with E-state index in [1.807, 2.05) is 0 Å². The molecule has 0 aliphatic heterocycles. The Morgan fingerprint density at radius 3 is 2.76 bits per heavy atom. The highest BCUT2D eigenvalue weighted by molar-refractivity contribution is 9.10. The number of carbonyl (C=O) groups excluding carboxylic acids is 1. The molecule has 21 heavy (non-hydrogen) atoms. The normalized spacial score (nSPS) is 9.76. The van der Waals surface area contributed by atoms with Gasteiger partial charge in [-0.2, -0.15) is 4.98 Å². The predicted molar refractivity (Wildman–Crippen MR) is 83.8 cm³/mol. The van der Waals surface area contributed by atoms with Crippen LogP contribution >= 0.6 is 15.9 Å². The summed E-state index contributed by atoms with van der Waals surface area (Å²) < 4.78 is 5.92. The van der Waals surface area contributed by atoms with Crippen molar-refractivity contribution >= 4 is 33.3 Å². The molecule has 6 heteroatoms. The molecule has 0 unspecified atom stereocenters. The number of Topliss-reactive ketones (excluding diaryl/α,β-unsaturated/α-hetero) is 1. The second-order valence-corrected chi connectivity index (χ2v) is 4.95. The lowest BCUT2D eigenvalue weighted by atomic mass is 10.1. The van der Waals surface area contributed by atoms with Gasteiger partial charge in [0.25, 0.3) is 0 Å². The molecule has 2 rings (SSSR count). The summed E-state index contributed by atoms with van der Waals surface area (Å²) in [7, 11) is 0. The minimum Gasteiger partial charge on any atom is -0.464 e. The average molecular weight is 346 g/mol. The quantitative estimate of drug-likeness (QED) is 0.665. The third-order valence-corrected chi connectivity index (χ3v) is 3.10. The van der Waals surface area contributed by atoms with Crippen molar-refractivity contribution < 1.29 is 9.53 Å². The van der Waals surface area contributed by atoms with Gasteiger partial charge in [-0.05, 0) is 47.1 Å². The maximum atomic E-state index is 11.2. The first-order valence-electron chi connectivity index (χ1n) is 6.07. The van der Waals surface area contributed by atoms with E-state index < -0.39 is 0 Å². The van der Waals surface area contributed by atoms with E-state index in [-0.39, 0.29) is 12.4 Å². The van der Waals surface area contributed by atoms with Crippen molar-refractivity contribution in [2.45, 2.75) is 6.92 Å². The highest BCUT2D eigenvalue weighted by Gasteiger charge is 2.07. The number of benzene rings is 1. The van der Waals surface area contributed by atoms with Gasteiger partial charge in [0, 0.05) is 11.3 Å². The van der Waals surface area contributed by atoms with Gasteiger partial charge in [0.2, 0.25) is 11.8 Å². The van der Waals surface area contributed by atoms with E-state index >= 15 is 0 Å². The van der Waals surface area contributed by atoms with Gasteiger partial charge in [-0.25, -0.2) is 4.98 Å². The Bertz CT molecular complexity index is 693. The van der Waals surface area contributed by atoms with Crippen LogP contribution in [0.5, 0.6) is 5.88 Å². The van der Waals surface area contributed by atoms with E-state index in [2.05, 4.69) is 37.1 Å². The highest BCUT2D eigenvalue weighted by atomic mass is 79.9. The molecular formula is C15H12BrN3O2. The zero-order chi connectivity index (χ0) is 15.2. The summed E-state index contributed by atoms with van der Waals surface area (Å²) in [5.74, 6) is 3.14. The van der Waals surface area contributed by atoms with Crippen molar-refractivity contribution in [2.24, 2.45) is 0 Å². The van der Waals surface area contributed by atoms with Gasteiger partial charge in [-0.1, -0.05) is 5.92 Å². The number of nitrogens with one attached hydrogen (secondary N) is 1. The molecule has 0 amide bonds. The maximum Gasteiger partial charge on any atom is 0.233 e. The third-order valence-electron chi connectivity index (χ3n) is 2.55. The molecule has 2 aromatic rings. The summed E-state index contributed by atoms with van der Waals surface area (Å²) in [6.45, 7) is 1.65. The summed E-state index contributed by atoms with van der Waals surface area (Å²) in [6, 6.07) is 7.03. The third kappa shape index (κ3) is 4.04. The zero-order valence-electron chi connectivity index (χ0n) is 11.3. The first-order chi connectivity index (χ1) is 10.1. The first kappa shape index (κ1) is 15.0. The summed E-state index contributed by atoms with van der Waals surface area (Å²) in [4.78, 5) is 19.6. The number of ether oxygens (including phenoxy) is 1. The molecule has 0 saturated carbocycles. The van der Waals surface area contributed by atoms with Crippen molar-refractivity contribution in [1.82, 2.24) is 9.97 Å². The smallest absolute Gasteiger partial charge is 0.233 e. The van der Waals surface area contributed by atoms with Crippen LogP contribution in [0.2, 0.25) is 0 Å². The molecule has 0 fully saturated rings. The van der Waals surface area contributed by atoms with E-state index in [9.17, 15) is 4.79 Å². The minimum atomic E-state index is 0.0198. The molecule has 0 spiro atoms. The molecule has 0 radical (unpaired) electrons. The fourth-order valence-corrected chi connectivity index (χ4v) is 1.85. The molecule has 1 aromatic heterocycles. The average Bonchev–Trinajstić information content (AvgIpc) is 2.48. The molecule has 106 valence electrons. The van der Waals surface area contributed by atoms with Crippen molar-refractivity contribution in [1.29, 1.82) is 0 Å². The summed E-state index contributed by atoms with van der Waals surface area (Å²) in [5.41, 5.74) is 1.42. The molecule has 0 bridgehead atoms. The standard InChI is InChI=1S/C15H12BrN3O2/c1-3-8-21-14-13(16)9-17-15(19-14)18-12-6-4-11(5-7-12)10(2)20/h1,4-7,9H,8H2,2H3,(H,17,18,19). The first-order valence-corrected chi connectivity index (χ1v) is 6.86. The number of aromatic nitrogens is 2. The van der Waals surface area contributed by atoms with Crippen LogP contribution in [-0.2, 0) is 0 Å². The number of terminal acetylenes is 1. The van der Waals surface area contributed by atoms with Gasteiger partial charge in [-0.3, -0.25) is 4.79 Å². The topological polar surface area (TPSA) is 64.1 Å². The van der Waals surface area contributed by atoms with Gasteiger partial charge < -0.3 is 10.1 Å². The second-order valence-electron chi connectivity index (χ2n) is 4.10. The van der Waals surface area contributed by atoms with Gasteiger partial charge >= 0.3 is 0 Å². The lowest BCUT2D eigenvalue weighted by Gasteiger charge is -2.08. The number of ketones is 1. The van der Waals surface area contributed by atoms with Crippen LogP contribution in [0.25, 0.3) is 0 Å². The van der Waals surface area contributed by atoms with E-state index in [4.69, 9.17) is 11.2 Å². The summed E-state index contributed by atoms with van der Waals surface area (Å²) >= 11 is 3.29. The molecule has 1 N–H and O–H groups in total. The number of nitrogens with zero attached hydrogens (tertiary/aromatic N) is 2. The Morgan fingerprint density at radius 2 is 2.14 bits per heavy atom. The number of rotatable bonds is 5. The second kappa shape index (κ2) is 6.86. The number of hydrogen-bond donors (Lipinski definition) is 1. The SMILES string of the molecule is C#CCOc1nc(Nc2ccc(C(C)=O)cc2)ncc1Br. The number of halogens is 1. The Hall–Kier alpha value is -2.39. The predicted octanol–water partition coefficient (Wildman–Crippen LogP) is 3.20. The number of anilines is 2. The van der Waals surface area contributed by atoms with Crippen LogP contribution in [0.15, 0.2) is 34.9 Å². The molecule has 1 aromatic carbocycles. The number of hydrogen-bond acceptors (Lipinski definition) is 5. The van der Waals surface area contributed by atoms with Crippen molar-refractivity contribution in [3.8, 4) is 18.2 Å². The van der Waals surface area contributed by atoms with Crippen molar-refractivity contribution in [3.63, 3.8) is 0 Å². The largest absolute Gasteiger partial charge is 0.464 e. The molecule has 5 nitrogen and oxygen atoms in total. The minimum absolute atomic E-state index is 0.0198. The summed E-state index contributed by atoms with van der Waals surface area (Å²) in [6.07, 6.45) is 6.72. The number of carbonyl (C=O) groups is 1. The zero-order valence-corrected chi connectivity index (χ0v) is 12.8. The summed E-state index contributed by atoms with van der Waals surface area (Å²) in [5, 5.41) is 3.03. The fraction of sp³-hybridized carbons (Fsp3) is 0.133. The Labute approximate surface area is 130 Å². The highest BCUT2D eigenvalue weighted by Crippen LogP contribution is 2.24. The van der Waals surface area contributed by atoms with Crippen molar-refractivity contribution in [2.75, 3.05) is 11.9 Å². The van der Waals surface area contributed by atoms with Crippen LogP contribution in [0, 0.1) is 12.3 Å². The molecule has 0 aliphatic carbocycles. The fourth-order valence-electron chi connectivity index (χ4n) is 1.54. The Kier molecular flexibility index (Phi) is 4.90. The lowest BCUT2D eigenvalue weighted by Crippen LogP contribution is -2.02. The Morgan fingerprint density at radius 1 is 1.43 bits per heavy atom. The van der Waals surface area contributed by atoms with Gasteiger partial charge in [0.05, 0.1) is 10.7 Å². The monoisotopic (exact) mass is 345 g/mol. The van der Waals surface area contributed by atoms with Crippen LogP contribution in [-0.4, -0.2) is 22.4 Å². The molecule has 0 saturated heterocycles. The molecule has 1 heterocycles. The van der Waals surface area contributed by atoms with Crippen LogP contribution < -0.4 is 10.1 Å². The van der Waals surface area contributed by atoms with Crippen LogP contribution in [0.1, 0.15) is 17.3 Å². The van der Waals surface area contributed by atoms with Crippen LogP contribution in [0.3, 0.4) is 0 Å². The van der Waals surface area contributed by atoms with E-state index in [0.29, 0.717) is 21.9 Å². The lowest BCUT2D eigenvalue weighted by molar-refractivity contribution is 0.101.